The van der Waals surface area contributed by atoms with Crippen molar-refractivity contribution in [2.24, 2.45) is 5.92 Å². The van der Waals surface area contributed by atoms with E-state index < -0.39 is 0 Å². The van der Waals surface area contributed by atoms with Gasteiger partial charge in [-0.2, -0.15) is 4.98 Å². The highest BCUT2D eigenvalue weighted by molar-refractivity contribution is 7.13. The van der Waals surface area contributed by atoms with Crippen LogP contribution in [0.3, 0.4) is 0 Å². The van der Waals surface area contributed by atoms with E-state index in [4.69, 9.17) is 4.52 Å². The molecule has 4 rings (SSSR count). The van der Waals surface area contributed by atoms with E-state index in [0.717, 1.165) is 36.8 Å². The van der Waals surface area contributed by atoms with Crippen LogP contribution in [0.1, 0.15) is 37.8 Å². The Kier molecular flexibility index (Phi) is 6.26. The summed E-state index contributed by atoms with van der Waals surface area (Å²) in [4.78, 5) is 27.5. The van der Waals surface area contributed by atoms with Crippen LogP contribution in [0.25, 0.3) is 11.4 Å². The number of nitrogens with one attached hydrogen (secondary N) is 1. The number of rotatable bonds is 7. The summed E-state index contributed by atoms with van der Waals surface area (Å²) in [6.07, 6.45) is 6.48. The molecular weight excluding hydrogens is 388 g/mol. The molecule has 9 heteroatoms. The van der Waals surface area contributed by atoms with Gasteiger partial charge in [0.15, 0.2) is 5.13 Å². The molecule has 0 radical (unpaired) electrons. The molecule has 0 aliphatic carbocycles. The number of likely N-dealkylation sites (tertiary alicyclic amines) is 1. The Balaban J connectivity index is 1.24. The van der Waals surface area contributed by atoms with Crippen molar-refractivity contribution in [2.75, 3.05) is 18.4 Å². The molecule has 1 fully saturated rings. The second-order valence-corrected chi connectivity index (χ2v) is 8.26. The fourth-order valence-corrected chi connectivity index (χ4v) is 3.98. The summed E-state index contributed by atoms with van der Waals surface area (Å²) in [6.45, 7) is 5.39. The molecule has 1 N–H and O–H groups in total. The minimum absolute atomic E-state index is 0.110. The molecule has 29 heavy (non-hydrogen) atoms. The van der Waals surface area contributed by atoms with Crippen molar-refractivity contribution in [3.8, 4) is 11.4 Å². The van der Waals surface area contributed by atoms with E-state index in [9.17, 15) is 4.79 Å². The molecule has 4 heterocycles. The summed E-state index contributed by atoms with van der Waals surface area (Å²) in [7, 11) is 0. The number of thiazole rings is 1. The van der Waals surface area contributed by atoms with Crippen molar-refractivity contribution in [3.05, 3.63) is 41.5 Å². The normalized spacial score (nSPS) is 15.5. The minimum atomic E-state index is -0.110. The maximum atomic E-state index is 12.2. The number of hydrogen-bond donors (Lipinski definition) is 1. The number of anilines is 1. The molecule has 3 aromatic rings. The van der Waals surface area contributed by atoms with Gasteiger partial charge in [0, 0.05) is 42.7 Å². The third kappa shape index (κ3) is 5.45. The number of aryl methyl sites for hydroxylation is 1. The van der Waals surface area contributed by atoms with Gasteiger partial charge in [0.2, 0.25) is 17.6 Å². The van der Waals surface area contributed by atoms with Gasteiger partial charge in [-0.05, 0) is 44.0 Å². The Bertz CT molecular complexity index is 933. The monoisotopic (exact) mass is 412 g/mol. The molecule has 1 amide bonds. The molecular formula is C20H24N6O2S. The summed E-state index contributed by atoms with van der Waals surface area (Å²) < 4.78 is 5.24. The lowest BCUT2D eigenvalue weighted by molar-refractivity contribution is -0.116. The van der Waals surface area contributed by atoms with Gasteiger partial charge in [-0.1, -0.05) is 12.1 Å². The van der Waals surface area contributed by atoms with E-state index in [2.05, 4.69) is 37.2 Å². The zero-order valence-electron chi connectivity index (χ0n) is 16.4. The van der Waals surface area contributed by atoms with Crippen LogP contribution in [0.15, 0.2) is 34.4 Å². The van der Waals surface area contributed by atoms with Gasteiger partial charge in [0.25, 0.3) is 0 Å². The number of nitrogens with zero attached hydrogens (tertiary/aromatic N) is 5. The predicted octanol–water partition coefficient (Wildman–Crippen LogP) is 3.39. The van der Waals surface area contributed by atoms with Crippen LogP contribution in [0.4, 0.5) is 5.13 Å². The first-order valence-corrected chi connectivity index (χ1v) is 10.7. The molecule has 0 unspecified atom stereocenters. The number of hydrogen-bond acceptors (Lipinski definition) is 8. The molecule has 3 aromatic heterocycles. The van der Waals surface area contributed by atoms with E-state index in [0.29, 0.717) is 23.3 Å². The predicted molar refractivity (Wildman–Crippen MR) is 110 cm³/mol. The van der Waals surface area contributed by atoms with Gasteiger partial charge in [-0.25, -0.2) is 4.98 Å². The number of carbonyl (C=O) groups excluding carboxylic acids is 1. The maximum Gasteiger partial charge on any atom is 0.227 e. The standard InChI is InChI=1S/C20H24N6O2S/c1-14-6-10-26(11-7-14)12-16-13-29-20(22-16)23-17(27)2-3-18-24-19(25-28-18)15-4-8-21-9-5-15/h4-5,8-9,13-14H,2-3,6-7,10-12H2,1H3,(H,22,23,27). The second kappa shape index (κ2) is 9.23. The Morgan fingerprint density at radius 2 is 2.07 bits per heavy atom. The summed E-state index contributed by atoms with van der Waals surface area (Å²) >= 11 is 1.46. The minimum Gasteiger partial charge on any atom is -0.339 e. The SMILES string of the molecule is CC1CCN(Cc2csc(NC(=O)CCc3nc(-c4ccncc4)no3)n2)CC1. The number of amides is 1. The smallest absolute Gasteiger partial charge is 0.227 e. The zero-order chi connectivity index (χ0) is 20.1. The summed E-state index contributed by atoms with van der Waals surface area (Å²) in [5.74, 6) is 1.64. The van der Waals surface area contributed by atoms with Crippen molar-refractivity contribution in [1.82, 2.24) is 25.0 Å². The Hall–Kier alpha value is -2.65. The van der Waals surface area contributed by atoms with Crippen LogP contribution < -0.4 is 5.32 Å². The van der Waals surface area contributed by atoms with Crippen molar-refractivity contribution in [1.29, 1.82) is 0 Å². The number of pyridine rings is 1. The molecule has 152 valence electrons. The van der Waals surface area contributed by atoms with E-state index in [1.54, 1.807) is 12.4 Å². The van der Waals surface area contributed by atoms with Gasteiger partial charge in [-0.3, -0.25) is 14.7 Å². The average molecular weight is 413 g/mol. The van der Waals surface area contributed by atoms with Crippen LogP contribution >= 0.6 is 11.3 Å². The Labute approximate surface area is 173 Å². The third-order valence-electron chi connectivity index (χ3n) is 5.03. The first kappa shape index (κ1) is 19.7. The molecule has 0 atom stereocenters. The topological polar surface area (TPSA) is 97.0 Å². The van der Waals surface area contributed by atoms with Gasteiger partial charge in [0.1, 0.15) is 0 Å². The summed E-state index contributed by atoms with van der Waals surface area (Å²) in [6, 6.07) is 3.62. The zero-order valence-corrected chi connectivity index (χ0v) is 17.2. The van der Waals surface area contributed by atoms with Crippen LogP contribution in [-0.2, 0) is 17.8 Å². The second-order valence-electron chi connectivity index (χ2n) is 7.40. The molecule has 0 spiro atoms. The lowest BCUT2D eigenvalue weighted by Crippen LogP contribution is -2.32. The van der Waals surface area contributed by atoms with Crippen LogP contribution in [-0.4, -0.2) is 44.0 Å². The maximum absolute atomic E-state index is 12.2. The van der Waals surface area contributed by atoms with Crippen LogP contribution in [0.5, 0.6) is 0 Å². The number of aromatic nitrogens is 4. The van der Waals surface area contributed by atoms with Crippen LogP contribution in [0, 0.1) is 5.92 Å². The number of carbonyl (C=O) groups is 1. The van der Waals surface area contributed by atoms with Crippen molar-refractivity contribution in [3.63, 3.8) is 0 Å². The molecule has 1 saturated heterocycles. The number of piperidine rings is 1. The van der Waals surface area contributed by atoms with E-state index in [-0.39, 0.29) is 12.3 Å². The first-order chi connectivity index (χ1) is 14.2. The molecule has 0 bridgehead atoms. The molecule has 0 aromatic carbocycles. The molecule has 0 saturated carbocycles. The first-order valence-electron chi connectivity index (χ1n) is 9.85. The fraction of sp³-hybridized carbons (Fsp3) is 0.450. The molecule has 8 nitrogen and oxygen atoms in total. The largest absolute Gasteiger partial charge is 0.339 e. The Morgan fingerprint density at radius 1 is 1.28 bits per heavy atom. The van der Waals surface area contributed by atoms with Crippen molar-refractivity contribution in [2.45, 2.75) is 39.2 Å². The lowest BCUT2D eigenvalue weighted by Gasteiger charge is -2.29. The van der Waals surface area contributed by atoms with Gasteiger partial charge < -0.3 is 9.84 Å². The van der Waals surface area contributed by atoms with E-state index >= 15 is 0 Å². The van der Waals surface area contributed by atoms with E-state index in [1.807, 2.05) is 17.5 Å². The quantitative estimate of drug-likeness (QED) is 0.635. The van der Waals surface area contributed by atoms with Crippen molar-refractivity contribution < 1.29 is 9.32 Å². The van der Waals surface area contributed by atoms with Gasteiger partial charge in [0.05, 0.1) is 5.69 Å². The Morgan fingerprint density at radius 3 is 2.86 bits per heavy atom. The highest BCUT2D eigenvalue weighted by atomic mass is 32.1. The highest BCUT2D eigenvalue weighted by Gasteiger charge is 2.17. The third-order valence-corrected chi connectivity index (χ3v) is 5.84. The van der Waals surface area contributed by atoms with Crippen molar-refractivity contribution >= 4 is 22.4 Å². The lowest BCUT2D eigenvalue weighted by atomic mass is 9.99. The highest BCUT2D eigenvalue weighted by Crippen LogP contribution is 2.21. The van der Waals surface area contributed by atoms with Crippen LogP contribution in [0.2, 0.25) is 0 Å². The molecule has 1 aliphatic rings. The fourth-order valence-electron chi connectivity index (χ4n) is 3.26. The van der Waals surface area contributed by atoms with Gasteiger partial charge >= 0.3 is 0 Å². The summed E-state index contributed by atoms with van der Waals surface area (Å²) in [5.41, 5.74) is 1.84. The van der Waals surface area contributed by atoms with Gasteiger partial charge in [-0.15, -0.1) is 11.3 Å². The average Bonchev–Trinajstić information content (AvgIpc) is 3.38. The summed E-state index contributed by atoms with van der Waals surface area (Å²) in [5, 5.41) is 9.48. The molecule has 1 aliphatic heterocycles. The van der Waals surface area contributed by atoms with E-state index in [1.165, 1.54) is 24.2 Å².